The van der Waals surface area contributed by atoms with Crippen molar-refractivity contribution in [3.63, 3.8) is 0 Å². The monoisotopic (exact) mass is 227 g/mol. The summed E-state index contributed by atoms with van der Waals surface area (Å²) in [6, 6.07) is 0. The topological polar surface area (TPSA) is 50.9 Å². The molecular formula is C11H21N3S. The maximum absolute atomic E-state index is 5.43. The number of unbranched alkanes of at least 4 members (excludes halogenated alkanes) is 3. The van der Waals surface area contributed by atoms with Crippen molar-refractivity contribution in [3.05, 3.63) is 10.6 Å². The summed E-state index contributed by atoms with van der Waals surface area (Å²) in [6.45, 7) is 6.01. The molecule has 0 radical (unpaired) electrons. The van der Waals surface area contributed by atoms with Crippen LogP contribution in [0.2, 0.25) is 0 Å². The molecule has 0 fully saturated rings. The van der Waals surface area contributed by atoms with Gasteiger partial charge in [-0.3, -0.25) is 0 Å². The van der Waals surface area contributed by atoms with Crippen LogP contribution in [0.1, 0.15) is 36.3 Å². The van der Waals surface area contributed by atoms with E-state index in [9.17, 15) is 0 Å². The maximum atomic E-state index is 5.43. The fourth-order valence-corrected chi connectivity index (χ4v) is 2.21. The lowest BCUT2D eigenvalue weighted by Crippen LogP contribution is -2.02. The number of hydrogen-bond acceptors (Lipinski definition) is 4. The van der Waals surface area contributed by atoms with Crippen LogP contribution in [0.5, 0.6) is 0 Å². The van der Waals surface area contributed by atoms with E-state index in [0.717, 1.165) is 30.3 Å². The number of nitrogens with one attached hydrogen (secondary N) is 1. The smallest absolute Gasteiger partial charge is 0.183 e. The van der Waals surface area contributed by atoms with Gasteiger partial charge < -0.3 is 11.1 Å². The first kappa shape index (κ1) is 12.5. The van der Waals surface area contributed by atoms with Crippen LogP contribution in [0.4, 0.5) is 5.13 Å². The zero-order valence-electron chi connectivity index (χ0n) is 9.68. The van der Waals surface area contributed by atoms with Crippen LogP contribution < -0.4 is 11.1 Å². The van der Waals surface area contributed by atoms with Crippen LogP contribution in [0.25, 0.3) is 0 Å². The molecule has 4 heteroatoms. The number of nitrogens with zero attached hydrogens (tertiary/aromatic N) is 1. The van der Waals surface area contributed by atoms with Gasteiger partial charge in [0.25, 0.3) is 0 Å². The van der Waals surface area contributed by atoms with Gasteiger partial charge in [-0.1, -0.05) is 12.8 Å². The number of rotatable bonds is 7. The fraction of sp³-hybridized carbons (Fsp3) is 0.727. The molecule has 0 aliphatic heterocycles. The first-order valence-electron chi connectivity index (χ1n) is 5.62. The van der Waals surface area contributed by atoms with Gasteiger partial charge in [-0.25, -0.2) is 4.98 Å². The van der Waals surface area contributed by atoms with Crippen molar-refractivity contribution in [3.8, 4) is 0 Å². The van der Waals surface area contributed by atoms with Crippen molar-refractivity contribution in [2.75, 3.05) is 18.4 Å². The molecule has 86 valence electrons. The Hall–Kier alpha value is -0.610. The van der Waals surface area contributed by atoms with E-state index in [0.29, 0.717) is 0 Å². The predicted molar refractivity (Wildman–Crippen MR) is 67.6 cm³/mol. The molecular weight excluding hydrogens is 206 g/mol. The van der Waals surface area contributed by atoms with E-state index in [1.807, 2.05) is 0 Å². The number of hydrogen-bond donors (Lipinski definition) is 2. The molecule has 0 unspecified atom stereocenters. The summed E-state index contributed by atoms with van der Waals surface area (Å²) >= 11 is 1.74. The Morgan fingerprint density at radius 2 is 1.93 bits per heavy atom. The van der Waals surface area contributed by atoms with Crippen molar-refractivity contribution in [1.29, 1.82) is 0 Å². The van der Waals surface area contributed by atoms with E-state index in [-0.39, 0.29) is 0 Å². The molecule has 1 aromatic heterocycles. The zero-order valence-corrected chi connectivity index (χ0v) is 10.5. The molecule has 0 bridgehead atoms. The minimum Gasteiger partial charge on any atom is -0.362 e. The molecule has 0 aliphatic carbocycles. The normalized spacial score (nSPS) is 10.6. The fourth-order valence-electron chi connectivity index (χ4n) is 1.37. The highest BCUT2D eigenvalue weighted by molar-refractivity contribution is 7.15. The highest BCUT2D eigenvalue weighted by Crippen LogP contribution is 2.20. The average Bonchev–Trinajstić information content (AvgIpc) is 2.52. The van der Waals surface area contributed by atoms with E-state index < -0.39 is 0 Å². The largest absolute Gasteiger partial charge is 0.362 e. The molecule has 1 heterocycles. The minimum atomic E-state index is 0.818. The van der Waals surface area contributed by atoms with Gasteiger partial charge in [-0.2, -0.15) is 0 Å². The average molecular weight is 227 g/mol. The molecule has 0 amide bonds. The number of nitrogens with two attached hydrogens (primary N) is 1. The minimum absolute atomic E-state index is 0.818. The molecule has 0 spiro atoms. The van der Waals surface area contributed by atoms with Crippen LogP contribution in [0.15, 0.2) is 0 Å². The van der Waals surface area contributed by atoms with Crippen molar-refractivity contribution < 1.29 is 0 Å². The Morgan fingerprint density at radius 3 is 2.53 bits per heavy atom. The maximum Gasteiger partial charge on any atom is 0.183 e. The lowest BCUT2D eigenvalue weighted by Gasteiger charge is -2.01. The second-order valence-electron chi connectivity index (χ2n) is 3.79. The summed E-state index contributed by atoms with van der Waals surface area (Å²) in [5.41, 5.74) is 6.57. The Labute approximate surface area is 96.1 Å². The van der Waals surface area contributed by atoms with E-state index in [1.54, 1.807) is 11.3 Å². The van der Waals surface area contributed by atoms with E-state index in [4.69, 9.17) is 5.73 Å². The summed E-state index contributed by atoms with van der Waals surface area (Å²) in [4.78, 5) is 5.74. The zero-order chi connectivity index (χ0) is 11.1. The number of anilines is 1. The standard InChI is InChI=1S/C11H21N3S/c1-9-10(2)15-11(14-9)13-8-6-4-3-5-7-12/h3-8,12H2,1-2H3,(H,13,14). The molecule has 0 atom stereocenters. The Kier molecular flexibility index (Phi) is 5.65. The predicted octanol–water partition coefficient (Wildman–Crippen LogP) is 2.69. The quantitative estimate of drug-likeness (QED) is 0.704. The van der Waals surface area contributed by atoms with Crippen LogP contribution in [-0.2, 0) is 0 Å². The molecule has 0 aliphatic rings. The third kappa shape index (κ3) is 4.62. The molecule has 15 heavy (non-hydrogen) atoms. The Bertz CT molecular complexity index is 264. The van der Waals surface area contributed by atoms with Crippen molar-refractivity contribution in [2.24, 2.45) is 5.73 Å². The van der Waals surface area contributed by atoms with Gasteiger partial charge in [-0.05, 0) is 33.2 Å². The second kappa shape index (κ2) is 6.80. The number of aryl methyl sites for hydroxylation is 2. The van der Waals surface area contributed by atoms with Gasteiger partial charge in [0, 0.05) is 11.4 Å². The van der Waals surface area contributed by atoms with Crippen LogP contribution in [-0.4, -0.2) is 18.1 Å². The Morgan fingerprint density at radius 1 is 1.20 bits per heavy atom. The van der Waals surface area contributed by atoms with Gasteiger partial charge in [-0.15, -0.1) is 11.3 Å². The number of aromatic nitrogens is 1. The first-order valence-corrected chi connectivity index (χ1v) is 6.43. The molecule has 3 nitrogen and oxygen atoms in total. The van der Waals surface area contributed by atoms with Crippen molar-refractivity contribution >= 4 is 16.5 Å². The lowest BCUT2D eigenvalue weighted by molar-refractivity contribution is 0.661. The highest BCUT2D eigenvalue weighted by Gasteiger charge is 2.01. The van der Waals surface area contributed by atoms with Gasteiger partial charge >= 0.3 is 0 Å². The Balaban J connectivity index is 2.10. The van der Waals surface area contributed by atoms with Gasteiger partial charge in [0.1, 0.15) is 0 Å². The van der Waals surface area contributed by atoms with Gasteiger partial charge in [0.05, 0.1) is 5.69 Å². The van der Waals surface area contributed by atoms with Crippen molar-refractivity contribution in [1.82, 2.24) is 4.98 Å². The summed E-state index contributed by atoms with van der Waals surface area (Å²) in [5, 5.41) is 4.42. The van der Waals surface area contributed by atoms with Crippen LogP contribution in [0, 0.1) is 13.8 Å². The first-order chi connectivity index (χ1) is 7.24. The van der Waals surface area contributed by atoms with Gasteiger partial charge in [0.15, 0.2) is 5.13 Å². The second-order valence-corrected chi connectivity index (χ2v) is 4.99. The third-order valence-electron chi connectivity index (χ3n) is 2.44. The molecule has 0 saturated heterocycles. The van der Waals surface area contributed by atoms with Crippen molar-refractivity contribution in [2.45, 2.75) is 39.5 Å². The van der Waals surface area contributed by atoms with Gasteiger partial charge in [0.2, 0.25) is 0 Å². The highest BCUT2D eigenvalue weighted by atomic mass is 32.1. The van der Waals surface area contributed by atoms with Crippen LogP contribution >= 0.6 is 11.3 Å². The van der Waals surface area contributed by atoms with E-state index in [2.05, 4.69) is 24.1 Å². The van der Waals surface area contributed by atoms with E-state index >= 15 is 0 Å². The summed E-state index contributed by atoms with van der Waals surface area (Å²) in [7, 11) is 0. The number of thiazole rings is 1. The SMILES string of the molecule is Cc1nc(NCCCCCCN)sc1C. The van der Waals surface area contributed by atoms with E-state index in [1.165, 1.54) is 24.1 Å². The molecule has 3 N–H and O–H groups in total. The third-order valence-corrected chi connectivity index (χ3v) is 3.47. The molecule has 0 aromatic carbocycles. The molecule has 0 saturated carbocycles. The molecule has 1 rings (SSSR count). The summed E-state index contributed by atoms with van der Waals surface area (Å²) in [6.07, 6.45) is 4.86. The summed E-state index contributed by atoms with van der Waals surface area (Å²) in [5.74, 6) is 0. The van der Waals surface area contributed by atoms with Crippen LogP contribution in [0.3, 0.4) is 0 Å². The summed E-state index contributed by atoms with van der Waals surface area (Å²) < 4.78 is 0. The lowest BCUT2D eigenvalue weighted by atomic mass is 10.2. The molecule has 1 aromatic rings.